The molecule has 0 aliphatic rings. The predicted molar refractivity (Wildman–Crippen MR) is 127 cm³/mol. The van der Waals surface area contributed by atoms with Gasteiger partial charge in [-0.25, -0.2) is 9.78 Å². The number of thiophene rings is 1. The number of amides is 1. The molecule has 164 valence electrons. The molecular formula is C24H22N2O4S2. The molecule has 0 N–H and O–H groups in total. The average Bonchev–Trinajstić information content (AvgIpc) is 3.46. The molecule has 0 atom stereocenters. The maximum absolute atomic E-state index is 12.5. The molecule has 6 nitrogen and oxygen atoms in total. The van der Waals surface area contributed by atoms with Gasteiger partial charge in [-0.15, -0.1) is 11.3 Å². The highest BCUT2D eigenvalue weighted by Crippen LogP contribution is 2.30. The van der Waals surface area contributed by atoms with Gasteiger partial charge in [-0.1, -0.05) is 18.2 Å². The number of hydrogen-bond acceptors (Lipinski definition) is 7. The molecule has 0 saturated carbocycles. The van der Waals surface area contributed by atoms with E-state index in [9.17, 15) is 9.59 Å². The number of benzene rings is 2. The highest BCUT2D eigenvalue weighted by Gasteiger charge is 2.20. The van der Waals surface area contributed by atoms with Crippen molar-refractivity contribution in [2.45, 2.75) is 13.5 Å². The summed E-state index contributed by atoms with van der Waals surface area (Å²) in [5.74, 6) is 0.00858. The van der Waals surface area contributed by atoms with Crippen LogP contribution in [0.3, 0.4) is 0 Å². The van der Waals surface area contributed by atoms with Crippen molar-refractivity contribution < 1.29 is 19.1 Å². The molecule has 0 radical (unpaired) electrons. The normalized spacial score (nSPS) is 10.8. The Bertz CT molecular complexity index is 1260. The molecule has 4 aromatic rings. The third-order valence-corrected chi connectivity index (χ3v) is 6.90. The van der Waals surface area contributed by atoms with E-state index in [0.717, 1.165) is 32.7 Å². The number of likely N-dealkylation sites (N-methyl/N-ethyl adjacent to an activating group) is 1. The van der Waals surface area contributed by atoms with Gasteiger partial charge in [-0.2, -0.15) is 11.3 Å². The summed E-state index contributed by atoms with van der Waals surface area (Å²) in [5, 5.41) is 6.85. The van der Waals surface area contributed by atoms with Gasteiger partial charge < -0.3 is 14.4 Å². The van der Waals surface area contributed by atoms with Gasteiger partial charge in [-0.3, -0.25) is 4.79 Å². The number of aromatic nitrogens is 1. The van der Waals surface area contributed by atoms with E-state index >= 15 is 0 Å². The highest BCUT2D eigenvalue weighted by molar-refractivity contribution is 7.17. The Hall–Kier alpha value is -3.23. The van der Waals surface area contributed by atoms with Crippen LogP contribution in [-0.2, 0) is 16.1 Å². The van der Waals surface area contributed by atoms with Crippen LogP contribution in [-0.4, -0.2) is 42.5 Å². The van der Waals surface area contributed by atoms with Gasteiger partial charge in [0.15, 0.2) is 6.61 Å². The second kappa shape index (κ2) is 9.50. The van der Waals surface area contributed by atoms with Crippen LogP contribution < -0.4 is 4.74 Å². The fourth-order valence-electron chi connectivity index (χ4n) is 3.26. The number of fused-ring (bicyclic) bond motifs is 1. The van der Waals surface area contributed by atoms with E-state index in [-0.39, 0.29) is 12.5 Å². The molecule has 32 heavy (non-hydrogen) atoms. The maximum Gasteiger partial charge on any atom is 0.350 e. The molecule has 0 bridgehead atoms. The Labute approximate surface area is 194 Å². The summed E-state index contributed by atoms with van der Waals surface area (Å²) in [6.45, 7) is 1.87. The molecule has 2 aromatic heterocycles. The molecule has 0 spiro atoms. The first-order chi connectivity index (χ1) is 15.4. The lowest BCUT2D eigenvalue weighted by molar-refractivity contribution is -0.133. The molecule has 2 aromatic carbocycles. The van der Waals surface area contributed by atoms with Crippen LogP contribution in [0.1, 0.15) is 20.9 Å². The quantitative estimate of drug-likeness (QED) is 0.352. The fourth-order valence-corrected chi connectivity index (χ4v) is 4.93. The first-order valence-electron chi connectivity index (χ1n) is 9.92. The molecule has 0 aliphatic heterocycles. The van der Waals surface area contributed by atoms with Crippen LogP contribution >= 0.6 is 22.7 Å². The number of carbonyl (C=O) groups is 2. The fraction of sp³-hybridized carbons (Fsp3) is 0.208. The lowest BCUT2D eigenvalue weighted by atomic mass is 10.1. The van der Waals surface area contributed by atoms with Crippen LogP contribution in [0.25, 0.3) is 21.3 Å². The first kappa shape index (κ1) is 22.0. The molecule has 2 heterocycles. The molecule has 0 fully saturated rings. The van der Waals surface area contributed by atoms with E-state index < -0.39 is 5.97 Å². The smallest absolute Gasteiger partial charge is 0.350 e. The second-order valence-corrected chi connectivity index (χ2v) is 9.10. The zero-order valence-electron chi connectivity index (χ0n) is 18.0. The standard InChI is InChI=1S/C24H22N2O4S2/c1-15-22(32-23(25-15)19-8-9-31-14-19)24(28)30-13-21(27)26(2)12-16-4-5-18-11-20(29-3)7-6-17(18)10-16/h4-11,14H,12-13H2,1-3H3. The molecule has 0 saturated heterocycles. The Morgan fingerprint density at radius 2 is 1.88 bits per heavy atom. The Morgan fingerprint density at radius 3 is 2.62 bits per heavy atom. The van der Waals surface area contributed by atoms with Gasteiger partial charge in [0.25, 0.3) is 5.91 Å². The summed E-state index contributed by atoms with van der Waals surface area (Å²) < 4.78 is 10.5. The number of carbonyl (C=O) groups excluding carboxylic acids is 2. The van der Waals surface area contributed by atoms with Crippen LogP contribution in [0.5, 0.6) is 5.75 Å². The molecule has 1 amide bonds. The Kier molecular flexibility index (Phi) is 6.53. The second-order valence-electron chi connectivity index (χ2n) is 7.32. The van der Waals surface area contributed by atoms with Crippen molar-refractivity contribution >= 4 is 45.3 Å². The van der Waals surface area contributed by atoms with E-state index in [4.69, 9.17) is 9.47 Å². The lowest BCUT2D eigenvalue weighted by Crippen LogP contribution is -2.30. The summed E-state index contributed by atoms with van der Waals surface area (Å²) in [6.07, 6.45) is 0. The molecule has 0 aliphatic carbocycles. The molecular weight excluding hydrogens is 444 g/mol. The minimum atomic E-state index is -0.525. The van der Waals surface area contributed by atoms with Crippen molar-refractivity contribution in [1.29, 1.82) is 0 Å². The lowest BCUT2D eigenvalue weighted by Gasteiger charge is -2.17. The topological polar surface area (TPSA) is 68.7 Å². The minimum Gasteiger partial charge on any atom is -0.497 e. The third-order valence-electron chi connectivity index (χ3n) is 5.03. The number of rotatable bonds is 7. The van der Waals surface area contributed by atoms with E-state index in [1.807, 2.05) is 53.2 Å². The van der Waals surface area contributed by atoms with Gasteiger partial charge in [0.05, 0.1) is 12.8 Å². The number of thiazole rings is 1. The van der Waals surface area contributed by atoms with Crippen molar-refractivity contribution in [2.24, 2.45) is 0 Å². The van der Waals surface area contributed by atoms with Gasteiger partial charge in [-0.05, 0) is 52.9 Å². The zero-order chi connectivity index (χ0) is 22.7. The van der Waals surface area contributed by atoms with Crippen LogP contribution in [0, 0.1) is 6.92 Å². The number of hydrogen-bond donors (Lipinski definition) is 0. The Balaban J connectivity index is 1.36. The molecule has 4 rings (SSSR count). The summed E-state index contributed by atoms with van der Waals surface area (Å²) in [5.41, 5.74) is 2.57. The van der Waals surface area contributed by atoms with E-state index in [1.165, 1.54) is 11.3 Å². The maximum atomic E-state index is 12.5. The summed E-state index contributed by atoms with van der Waals surface area (Å²) in [4.78, 5) is 31.5. The summed E-state index contributed by atoms with van der Waals surface area (Å²) >= 11 is 2.85. The van der Waals surface area contributed by atoms with E-state index in [1.54, 1.807) is 37.3 Å². The predicted octanol–water partition coefficient (Wildman–Crippen LogP) is 5.16. The number of aryl methyl sites for hydroxylation is 1. The van der Waals surface area contributed by atoms with Crippen LogP contribution in [0.4, 0.5) is 0 Å². The summed E-state index contributed by atoms with van der Waals surface area (Å²) in [6, 6.07) is 13.8. The summed E-state index contributed by atoms with van der Waals surface area (Å²) in [7, 11) is 3.34. The monoisotopic (exact) mass is 466 g/mol. The third kappa shape index (κ3) is 4.81. The van der Waals surface area contributed by atoms with Gasteiger partial charge >= 0.3 is 5.97 Å². The molecule has 8 heteroatoms. The van der Waals surface area contributed by atoms with Crippen molar-refractivity contribution in [3.63, 3.8) is 0 Å². The first-order valence-corrected chi connectivity index (χ1v) is 11.7. The number of methoxy groups -OCH3 is 1. The van der Waals surface area contributed by atoms with Crippen LogP contribution in [0.2, 0.25) is 0 Å². The number of nitrogens with zero attached hydrogens (tertiary/aromatic N) is 2. The largest absolute Gasteiger partial charge is 0.497 e. The van der Waals surface area contributed by atoms with E-state index in [0.29, 0.717) is 17.1 Å². The SMILES string of the molecule is COc1ccc2cc(CN(C)C(=O)COC(=O)c3sc(-c4ccsc4)nc3C)ccc2c1. The van der Waals surface area contributed by atoms with Crippen molar-refractivity contribution in [1.82, 2.24) is 9.88 Å². The average molecular weight is 467 g/mol. The van der Waals surface area contributed by atoms with Crippen molar-refractivity contribution in [3.05, 3.63) is 69.4 Å². The zero-order valence-corrected chi connectivity index (χ0v) is 19.6. The Morgan fingerprint density at radius 1 is 1.09 bits per heavy atom. The van der Waals surface area contributed by atoms with Crippen LogP contribution in [0.15, 0.2) is 53.2 Å². The number of esters is 1. The van der Waals surface area contributed by atoms with Gasteiger partial charge in [0.2, 0.25) is 0 Å². The van der Waals surface area contributed by atoms with Gasteiger partial charge in [0.1, 0.15) is 15.6 Å². The van der Waals surface area contributed by atoms with E-state index in [2.05, 4.69) is 4.98 Å². The van der Waals surface area contributed by atoms with Gasteiger partial charge in [0, 0.05) is 24.5 Å². The van der Waals surface area contributed by atoms with Crippen molar-refractivity contribution in [2.75, 3.05) is 20.8 Å². The highest BCUT2D eigenvalue weighted by atomic mass is 32.1. The molecule has 0 unspecified atom stereocenters. The number of ether oxygens (including phenoxy) is 2. The van der Waals surface area contributed by atoms with Crippen molar-refractivity contribution in [3.8, 4) is 16.3 Å². The minimum absolute atomic E-state index is 0.270.